The summed E-state index contributed by atoms with van der Waals surface area (Å²) in [6, 6.07) is -0.912. The van der Waals surface area contributed by atoms with Crippen LogP contribution in [-0.2, 0) is 23.7 Å². The first-order valence-electron chi connectivity index (χ1n) is 34.4. The van der Waals surface area contributed by atoms with E-state index in [-0.39, 0.29) is 18.9 Å². The molecule has 2 saturated heterocycles. The van der Waals surface area contributed by atoms with E-state index in [0.717, 1.165) is 51.4 Å². The fourth-order valence-electron chi connectivity index (χ4n) is 11.2. The summed E-state index contributed by atoms with van der Waals surface area (Å²) >= 11 is 0. The monoisotopic (exact) mass is 1180 g/mol. The first-order valence-corrected chi connectivity index (χ1v) is 34.4. The van der Waals surface area contributed by atoms with Gasteiger partial charge in [-0.05, 0) is 57.8 Å². The molecule has 9 N–H and O–H groups in total. The fraction of sp³-hybridized carbons (Fsp3) is 0.870. The molecule has 0 spiro atoms. The van der Waals surface area contributed by atoms with Gasteiger partial charge in [0.05, 0.1) is 32.0 Å². The molecule has 0 radical (unpaired) electrons. The van der Waals surface area contributed by atoms with Gasteiger partial charge in [0, 0.05) is 6.42 Å². The standard InChI is InChI=1S/C69H127NO13/c1-3-5-7-9-11-13-15-17-18-19-20-21-22-23-24-25-26-27-28-29-30-31-32-33-34-35-36-37-38-39-40-41-43-45-47-49-51-53-61(74)70-57(58(73)52-50-48-46-44-42-16-14-12-10-8-6-4-2)56-80-68-66(79)64(77)67(60(55-72)82-68)83-69-65(78)63(76)62(75)59(54-71)81-69/h15,17,19-20,22-23,50,52,57-60,62-69,71-73,75-79H,3-14,16,18,21,24-49,51,53-56H2,1-2H3,(H,70,74)/b17-15-,20-19-,23-22-,52-50+. The minimum absolute atomic E-state index is 0.236. The summed E-state index contributed by atoms with van der Waals surface area (Å²) in [5.74, 6) is -0.236. The van der Waals surface area contributed by atoms with Crippen LogP contribution in [0.15, 0.2) is 48.6 Å². The Morgan fingerprint density at radius 3 is 1.22 bits per heavy atom. The third-order valence-corrected chi connectivity index (χ3v) is 16.8. The Balaban J connectivity index is 1.57. The molecule has 12 unspecified atom stereocenters. The molecule has 14 heteroatoms. The molecule has 2 aliphatic heterocycles. The smallest absolute Gasteiger partial charge is 0.220 e. The third kappa shape index (κ3) is 38.8. The lowest BCUT2D eigenvalue weighted by Crippen LogP contribution is -2.65. The van der Waals surface area contributed by atoms with Crippen molar-refractivity contribution in [2.24, 2.45) is 0 Å². The van der Waals surface area contributed by atoms with Gasteiger partial charge < -0.3 is 65.1 Å². The quantitative estimate of drug-likeness (QED) is 0.0204. The largest absolute Gasteiger partial charge is 0.394 e. The summed E-state index contributed by atoms with van der Waals surface area (Å²) in [5.41, 5.74) is 0. The van der Waals surface area contributed by atoms with Crippen molar-refractivity contribution in [3.63, 3.8) is 0 Å². The molecule has 0 bridgehead atoms. The predicted octanol–water partition coefficient (Wildman–Crippen LogP) is 13.5. The zero-order valence-electron chi connectivity index (χ0n) is 52.7. The van der Waals surface area contributed by atoms with Gasteiger partial charge in [0.2, 0.25) is 5.91 Å². The lowest BCUT2D eigenvalue weighted by atomic mass is 9.97. The number of aliphatic hydroxyl groups is 8. The molecule has 2 fully saturated rings. The summed E-state index contributed by atoms with van der Waals surface area (Å²) in [7, 11) is 0. The zero-order valence-corrected chi connectivity index (χ0v) is 52.7. The second-order valence-corrected chi connectivity index (χ2v) is 24.3. The van der Waals surface area contributed by atoms with Gasteiger partial charge in [0.15, 0.2) is 12.6 Å². The average Bonchev–Trinajstić information content (AvgIpc) is 3.58. The van der Waals surface area contributed by atoms with Crippen LogP contribution in [-0.4, -0.2) is 140 Å². The molecular weight excluding hydrogens is 1050 g/mol. The van der Waals surface area contributed by atoms with Gasteiger partial charge in [-0.1, -0.05) is 274 Å². The maximum absolute atomic E-state index is 13.3. The average molecular weight is 1180 g/mol. The first kappa shape index (κ1) is 77.0. The van der Waals surface area contributed by atoms with Gasteiger partial charge >= 0.3 is 0 Å². The number of carbonyl (C=O) groups is 1. The molecule has 0 aromatic heterocycles. The van der Waals surface area contributed by atoms with E-state index in [4.69, 9.17) is 18.9 Å². The van der Waals surface area contributed by atoms with E-state index in [2.05, 4.69) is 55.6 Å². The summed E-state index contributed by atoms with van der Waals surface area (Å²) in [5, 5.41) is 87.1. The van der Waals surface area contributed by atoms with Crippen LogP contribution in [0.2, 0.25) is 0 Å². The molecule has 0 saturated carbocycles. The SMILES string of the molecule is CCCCCCC/C=C\C/C=C\C/C=C\CCCCCCCCCCCCCCCCCCCCCCCCC(=O)NC(COC1OC(CO)C(OC2OC(CO)C(O)C(O)C2O)C(O)C1O)C(O)/C=C/CCCCCCCCCCCC. The number of amides is 1. The van der Waals surface area contributed by atoms with Crippen LogP contribution >= 0.6 is 0 Å². The van der Waals surface area contributed by atoms with Gasteiger partial charge in [0.25, 0.3) is 0 Å². The Morgan fingerprint density at radius 1 is 0.434 bits per heavy atom. The minimum atomic E-state index is -1.79. The number of allylic oxidation sites excluding steroid dienone is 7. The maximum Gasteiger partial charge on any atom is 0.220 e. The third-order valence-electron chi connectivity index (χ3n) is 16.8. The number of hydrogen-bond donors (Lipinski definition) is 9. The number of nitrogens with one attached hydrogen (secondary N) is 1. The van der Waals surface area contributed by atoms with Crippen molar-refractivity contribution in [1.82, 2.24) is 5.32 Å². The zero-order chi connectivity index (χ0) is 60.2. The highest BCUT2D eigenvalue weighted by Crippen LogP contribution is 2.30. The highest BCUT2D eigenvalue weighted by molar-refractivity contribution is 5.76. The number of carbonyl (C=O) groups excluding carboxylic acids is 1. The van der Waals surface area contributed by atoms with E-state index >= 15 is 0 Å². The van der Waals surface area contributed by atoms with Crippen LogP contribution in [0.3, 0.4) is 0 Å². The number of hydrogen-bond acceptors (Lipinski definition) is 13. The Labute approximate surface area is 505 Å². The van der Waals surface area contributed by atoms with Crippen molar-refractivity contribution in [1.29, 1.82) is 0 Å². The summed E-state index contributed by atoms with van der Waals surface area (Å²) in [4.78, 5) is 13.3. The van der Waals surface area contributed by atoms with Gasteiger partial charge in [-0.25, -0.2) is 0 Å². The van der Waals surface area contributed by atoms with E-state index in [1.165, 1.54) is 212 Å². The van der Waals surface area contributed by atoms with Crippen LogP contribution in [0, 0.1) is 0 Å². The molecule has 12 atom stereocenters. The maximum atomic E-state index is 13.3. The normalized spacial score (nSPS) is 24.1. The fourth-order valence-corrected chi connectivity index (χ4v) is 11.2. The highest BCUT2D eigenvalue weighted by atomic mass is 16.7. The molecule has 0 aliphatic carbocycles. The predicted molar refractivity (Wildman–Crippen MR) is 337 cm³/mol. The van der Waals surface area contributed by atoms with E-state index < -0.39 is 86.8 Å². The summed E-state index contributed by atoms with van der Waals surface area (Å²) in [6.45, 7) is 2.79. The number of ether oxygens (including phenoxy) is 4. The lowest BCUT2D eigenvalue weighted by molar-refractivity contribution is -0.359. The van der Waals surface area contributed by atoms with Gasteiger partial charge in [-0.3, -0.25) is 4.79 Å². The van der Waals surface area contributed by atoms with Crippen molar-refractivity contribution < 1.29 is 64.6 Å². The van der Waals surface area contributed by atoms with Crippen LogP contribution in [0.5, 0.6) is 0 Å². The number of aliphatic hydroxyl groups excluding tert-OH is 8. The van der Waals surface area contributed by atoms with E-state index in [1.807, 2.05) is 6.08 Å². The summed E-state index contributed by atoms with van der Waals surface area (Å²) in [6.07, 6.45) is 53.3. The minimum Gasteiger partial charge on any atom is -0.394 e. The molecule has 1 amide bonds. The van der Waals surface area contributed by atoms with E-state index in [0.29, 0.717) is 6.42 Å². The van der Waals surface area contributed by atoms with Crippen molar-refractivity contribution in [2.75, 3.05) is 19.8 Å². The second-order valence-electron chi connectivity index (χ2n) is 24.3. The Hall–Kier alpha value is -2.05. The molecular formula is C69H127NO13. The van der Waals surface area contributed by atoms with Gasteiger partial charge in [-0.2, -0.15) is 0 Å². The van der Waals surface area contributed by atoms with Crippen molar-refractivity contribution in [3.05, 3.63) is 48.6 Å². The van der Waals surface area contributed by atoms with E-state index in [1.54, 1.807) is 6.08 Å². The van der Waals surface area contributed by atoms with Gasteiger partial charge in [0.1, 0.15) is 48.8 Å². The topological polar surface area (TPSA) is 228 Å². The van der Waals surface area contributed by atoms with Crippen LogP contribution in [0.4, 0.5) is 0 Å². The number of unbranched alkanes of at least 4 members (excludes halogenated alkanes) is 37. The molecule has 2 heterocycles. The molecule has 2 rings (SSSR count). The van der Waals surface area contributed by atoms with Gasteiger partial charge in [-0.15, -0.1) is 0 Å². The molecule has 486 valence electrons. The Kier molecular flexibility index (Phi) is 50.2. The Bertz CT molecular complexity index is 1580. The lowest BCUT2D eigenvalue weighted by Gasteiger charge is -2.46. The molecule has 0 aromatic rings. The molecule has 0 aromatic carbocycles. The van der Waals surface area contributed by atoms with Crippen molar-refractivity contribution in [3.8, 4) is 0 Å². The van der Waals surface area contributed by atoms with Crippen LogP contribution in [0.1, 0.15) is 290 Å². The molecule has 83 heavy (non-hydrogen) atoms. The Morgan fingerprint density at radius 2 is 0.795 bits per heavy atom. The van der Waals surface area contributed by atoms with E-state index in [9.17, 15) is 45.6 Å². The first-order chi connectivity index (χ1) is 40.6. The highest BCUT2D eigenvalue weighted by Gasteiger charge is 2.51. The van der Waals surface area contributed by atoms with Crippen LogP contribution < -0.4 is 5.32 Å². The summed E-state index contributed by atoms with van der Waals surface area (Å²) < 4.78 is 22.8. The van der Waals surface area contributed by atoms with Crippen molar-refractivity contribution >= 4 is 5.91 Å². The van der Waals surface area contributed by atoms with Crippen LogP contribution in [0.25, 0.3) is 0 Å². The number of rotatable bonds is 56. The molecule has 2 aliphatic rings. The van der Waals surface area contributed by atoms with Crippen molar-refractivity contribution in [2.45, 2.75) is 364 Å². The molecule has 14 nitrogen and oxygen atoms in total. The second kappa shape index (κ2) is 54.1.